The third kappa shape index (κ3) is 4.68. The van der Waals surface area contributed by atoms with Crippen LogP contribution in [0.1, 0.15) is 11.5 Å². The second kappa shape index (κ2) is 7.30. The maximum atomic E-state index is 5.70. The Bertz CT molecular complexity index is 409. The van der Waals surface area contributed by atoms with Gasteiger partial charge in [-0.05, 0) is 36.6 Å². The van der Waals surface area contributed by atoms with Crippen LogP contribution in [0.4, 0.5) is 0 Å². The molecule has 0 aliphatic heterocycles. The van der Waals surface area contributed by atoms with Gasteiger partial charge in [0.15, 0.2) is 0 Å². The molecule has 5 nitrogen and oxygen atoms in total. The Morgan fingerprint density at radius 2 is 1.37 bits per heavy atom. The first-order valence-electron chi connectivity index (χ1n) is 5.63. The van der Waals surface area contributed by atoms with E-state index in [1.54, 1.807) is 24.0 Å². The molecule has 0 aliphatic rings. The van der Waals surface area contributed by atoms with Crippen LogP contribution in [0.15, 0.2) is 16.5 Å². The van der Waals surface area contributed by atoms with E-state index in [1.807, 2.05) is 26.2 Å². The van der Waals surface area contributed by atoms with Crippen LogP contribution < -0.4 is 0 Å². The molecule has 1 heterocycles. The smallest absolute Gasteiger partial charge is 0.259 e. The summed E-state index contributed by atoms with van der Waals surface area (Å²) in [4.78, 5) is 3.59. The topological polar surface area (TPSA) is 38.1 Å². The molecule has 0 aromatic carbocycles. The average molecular weight is 302 g/mol. The van der Waals surface area contributed by atoms with Gasteiger partial charge in [0.1, 0.15) is 11.5 Å². The van der Waals surface area contributed by atoms with E-state index in [0.717, 1.165) is 11.5 Å². The summed E-state index contributed by atoms with van der Waals surface area (Å²) < 4.78 is 15.7. The van der Waals surface area contributed by atoms with Crippen molar-refractivity contribution in [1.82, 2.24) is 9.80 Å². The SMILES string of the molecule is COC(=S)N(C)Cc1ccc(CN(C)C(=S)OC)o1. The summed E-state index contributed by atoms with van der Waals surface area (Å²) >= 11 is 10.0. The zero-order valence-corrected chi connectivity index (χ0v) is 13.1. The lowest BCUT2D eigenvalue weighted by Gasteiger charge is -2.17. The standard InChI is InChI=1S/C12H18N2O3S2/c1-13(11(18)15-3)7-9-5-6-10(17-9)8-14(2)12(19)16-4/h5-6H,7-8H2,1-4H3. The molecule has 0 aliphatic carbocycles. The van der Waals surface area contributed by atoms with Gasteiger partial charge in [-0.2, -0.15) is 0 Å². The molecule has 0 fully saturated rings. The van der Waals surface area contributed by atoms with Gasteiger partial charge < -0.3 is 23.7 Å². The van der Waals surface area contributed by atoms with Crippen molar-refractivity contribution in [3.8, 4) is 0 Å². The summed E-state index contributed by atoms with van der Waals surface area (Å²) in [7, 11) is 6.79. The largest absolute Gasteiger partial charge is 0.474 e. The Morgan fingerprint density at radius 1 is 1.00 bits per heavy atom. The molecule has 0 bridgehead atoms. The summed E-state index contributed by atoms with van der Waals surface area (Å²) in [6.45, 7) is 1.12. The van der Waals surface area contributed by atoms with E-state index in [1.165, 1.54) is 0 Å². The van der Waals surface area contributed by atoms with Crippen LogP contribution in [0.5, 0.6) is 0 Å². The molecule has 0 saturated heterocycles. The molecule has 0 saturated carbocycles. The minimum absolute atomic E-state index is 0.427. The van der Waals surface area contributed by atoms with Crippen molar-refractivity contribution in [2.75, 3.05) is 28.3 Å². The van der Waals surface area contributed by atoms with E-state index in [4.69, 9.17) is 38.3 Å². The number of furan rings is 1. The van der Waals surface area contributed by atoms with Gasteiger partial charge in [0, 0.05) is 14.1 Å². The zero-order chi connectivity index (χ0) is 14.4. The van der Waals surface area contributed by atoms with Crippen molar-refractivity contribution in [2.45, 2.75) is 13.1 Å². The zero-order valence-electron chi connectivity index (χ0n) is 11.5. The van der Waals surface area contributed by atoms with Crippen molar-refractivity contribution in [3.63, 3.8) is 0 Å². The fourth-order valence-electron chi connectivity index (χ4n) is 1.50. The molecule has 7 heteroatoms. The van der Waals surface area contributed by atoms with E-state index in [0.29, 0.717) is 23.4 Å². The third-order valence-corrected chi connectivity index (χ3v) is 3.43. The molecule has 0 spiro atoms. The molecular weight excluding hydrogens is 284 g/mol. The second-order valence-electron chi connectivity index (χ2n) is 4.02. The van der Waals surface area contributed by atoms with Crippen molar-refractivity contribution in [3.05, 3.63) is 23.7 Å². The molecule has 0 unspecified atom stereocenters. The van der Waals surface area contributed by atoms with Gasteiger partial charge in [-0.25, -0.2) is 0 Å². The van der Waals surface area contributed by atoms with E-state index in [2.05, 4.69) is 0 Å². The lowest BCUT2D eigenvalue weighted by Crippen LogP contribution is -2.25. The number of hydrogen-bond donors (Lipinski definition) is 0. The third-order valence-electron chi connectivity index (χ3n) is 2.48. The predicted molar refractivity (Wildman–Crippen MR) is 80.9 cm³/mol. The lowest BCUT2D eigenvalue weighted by molar-refractivity contribution is 0.286. The van der Waals surface area contributed by atoms with Crippen LogP contribution >= 0.6 is 24.4 Å². The molecule has 106 valence electrons. The van der Waals surface area contributed by atoms with Crippen molar-refractivity contribution >= 4 is 34.8 Å². The highest BCUT2D eigenvalue weighted by atomic mass is 32.1. The van der Waals surface area contributed by atoms with E-state index < -0.39 is 0 Å². The summed E-state index contributed by atoms with van der Waals surface area (Å²) in [5.41, 5.74) is 0. The van der Waals surface area contributed by atoms with Crippen LogP contribution in [0.3, 0.4) is 0 Å². The molecule has 0 radical (unpaired) electrons. The molecule has 0 amide bonds. The minimum Gasteiger partial charge on any atom is -0.474 e. The van der Waals surface area contributed by atoms with Gasteiger partial charge in [-0.3, -0.25) is 0 Å². The first-order chi connectivity index (χ1) is 8.97. The van der Waals surface area contributed by atoms with Gasteiger partial charge in [0.25, 0.3) is 10.3 Å². The van der Waals surface area contributed by atoms with Crippen LogP contribution in [-0.2, 0) is 22.6 Å². The number of rotatable bonds is 4. The number of nitrogens with zero attached hydrogens (tertiary/aromatic N) is 2. The van der Waals surface area contributed by atoms with Crippen LogP contribution in [-0.4, -0.2) is 48.5 Å². The van der Waals surface area contributed by atoms with Gasteiger partial charge in [-0.1, -0.05) is 0 Å². The van der Waals surface area contributed by atoms with Crippen LogP contribution in [0.2, 0.25) is 0 Å². The maximum Gasteiger partial charge on any atom is 0.259 e. The predicted octanol–water partition coefficient (Wildman–Crippen LogP) is 2.01. The summed E-state index contributed by atoms with van der Waals surface area (Å²) in [6, 6.07) is 3.82. The lowest BCUT2D eigenvalue weighted by atomic mass is 10.4. The van der Waals surface area contributed by atoms with Gasteiger partial charge in [0.05, 0.1) is 27.3 Å². The Morgan fingerprint density at radius 3 is 1.68 bits per heavy atom. The molecule has 1 aromatic heterocycles. The van der Waals surface area contributed by atoms with Crippen molar-refractivity contribution in [2.24, 2.45) is 0 Å². The first kappa shape index (κ1) is 15.7. The molecule has 0 N–H and O–H groups in total. The Kier molecular flexibility index (Phi) is 6.04. The molecule has 1 aromatic rings. The molecule has 19 heavy (non-hydrogen) atoms. The highest BCUT2D eigenvalue weighted by molar-refractivity contribution is 7.80. The number of ether oxygens (including phenoxy) is 2. The Balaban J connectivity index is 2.57. The Labute approximate surface area is 124 Å². The highest BCUT2D eigenvalue weighted by Crippen LogP contribution is 2.12. The van der Waals surface area contributed by atoms with Crippen molar-refractivity contribution < 1.29 is 13.9 Å². The van der Waals surface area contributed by atoms with E-state index in [-0.39, 0.29) is 0 Å². The highest BCUT2D eigenvalue weighted by Gasteiger charge is 2.11. The number of hydrogen-bond acceptors (Lipinski definition) is 5. The Hall–Kier alpha value is -1.34. The summed E-state index contributed by atoms with van der Waals surface area (Å²) in [5, 5.41) is 0.853. The first-order valence-corrected chi connectivity index (χ1v) is 6.45. The number of thiocarbonyl (C=S) groups is 2. The van der Waals surface area contributed by atoms with Crippen LogP contribution in [0.25, 0.3) is 0 Å². The minimum atomic E-state index is 0.427. The molecular formula is C12H18N2O3S2. The maximum absolute atomic E-state index is 5.70. The monoisotopic (exact) mass is 302 g/mol. The molecule has 0 atom stereocenters. The average Bonchev–Trinajstić information content (AvgIpc) is 2.83. The second-order valence-corrected chi connectivity index (χ2v) is 4.72. The van der Waals surface area contributed by atoms with Crippen LogP contribution in [0, 0.1) is 0 Å². The van der Waals surface area contributed by atoms with Crippen molar-refractivity contribution in [1.29, 1.82) is 0 Å². The van der Waals surface area contributed by atoms with Gasteiger partial charge >= 0.3 is 0 Å². The summed E-state index contributed by atoms with van der Waals surface area (Å²) in [5.74, 6) is 1.63. The van der Waals surface area contributed by atoms with E-state index in [9.17, 15) is 0 Å². The normalized spacial score (nSPS) is 9.89. The van der Waals surface area contributed by atoms with Gasteiger partial charge in [0.2, 0.25) is 0 Å². The fraction of sp³-hybridized carbons (Fsp3) is 0.500. The fourth-order valence-corrected chi connectivity index (χ4v) is 1.63. The summed E-state index contributed by atoms with van der Waals surface area (Å²) in [6.07, 6.45) is 0. The number of methoxy groups -OCH3 is 2. The molecule has 1 rings (SSSR count). The van der Waals surface area contributed by atoms with Gasteiger partial charge in [-0.15, -0.1) is 0 Å². The quantitative estimate of drug-likeness (QED) is 0.788. The van der Waals surface area contributed by atoms with E-state index >= 15 is 0 Å².